The molecular formula is C21H19ClFNO2. The molecule has 0 aliphatic carbocycles. The fraction of sp³-hybridized carbons (Fsp3) is 0.143. The summed E-state index contributed by atoms with van der Waals surface area (Å²) in [5, 5.41) is 0.0812. The lowest BCUT2D eigenvalue weighted by Crippen LogP contribution is -2.11. The number of nitrogens with two attached hydrogens (primary N) is 1. The average Bonchev–Trinajstić information content (AvgIpc) is 2.68. The molecule has 3 aromatic rings. The molecule has 0 heterocycles. The molecule has 0 saturated carbocycles. The summed E-state index contributed by atoms with van der Waals surface area (Å²) in [5.74, 6) is 0.766. The molecule has 3 rings (SSSR count). The van der Waals surface area contributed by atoms with Gasteiger partial charge in [0.25, 0.3) is 0 Å². The van der Waals surface area contributed by atoms with Crippen LogP contribution in [0.4, 0.5) is 4.39 Å². The van der Waals surface area contributed by atoms with Crippen LogP contribution in [-0.2, 0) is 6.61 Å². The van der Waals surface area contributed by atoms with E-state index in [1.54, 1.807) is 12.1 Å². The summed E-state index contributed by atoms with van der Waals surface area (Å²) in [6.45, 7) is 1.21. The molecule has 0 amide bonds. The first-order chi connectivity index (χ1) is 12.7. The first kappa shape index (κ1) is 18.2. The number of ether oxygens (including phenoxy) is 2. The van der Waals surface area contributed by atoms with Crippen LogP contribution >= 0.6 is 11.6 Å². The van der Waals surface area contributed by atoms with Gasteiger partial charge in [0.1, 0.15) is 19.0 Å². The van der Waals surface area contributed by atoms with Gasteiger partial charge < -0.3 is 15.2 Å². The van der Waals surface area contributed by atoms with Crippen LogP contribution in [0, 0.1) is 5.82 Å². The Morgan fingerprint density at radius 2 is 1.58 bits per heavy atom. The minimum atomic E-state index is -0.445. The van der Waals surface area contributed by atoms with Crippen molar-refractivity contribution < 1.29 is 13.9 Å². The van der Waals surface area contributed by atoms with Crippen molar-refractivity contribution in [1.82, 2.24) is 0 Å². The van der Waals surface area contributed by atoms with Gasteiger partial charge in [-0.3, -0.25) is 0 Å². The van der Waals surface area contributed by atoms with Crippen molar-refractivity contribution in [2.45, 2.75) is 6.61 Å². The van der Waals surface area contributed by atoms with E-state index in [4.69, 9.17) is 26.8 Å². The second-order valence-corrected chi connectivity index (χ2v) is 6.11. The summed E-state index contributed by atoms with van der Waals surface area (Å²) < 4.78 is 25.1. The topological polar surface area (TPSA) is 44.5 Å². The summed E-state index contributed by atoms with van der Waals surface area (Å²) >= 11 is 5.90. The van der Waals surface area contributed by atoms with E-state index < -0.39 is 5.82 Å². The fourth-order valence-corrected chi connectivity index (χ4v) is 2.68. The average molecular weight is 372 g/mol. The molecule has 0 unspecified atom stereocenters. The molecule has 0 fully saturated rings. The molecular weight excluding hydrogens is 353 g/mol. The third-order valence-corrected chi connectivity index (χ3v) is 4.10. The van der Waals surface area contributed by atoms with Crippen molar-refractivity contribution in [3.63, 3.8) is 0 Å². The number of benzene rings is 3. The van der Waals surface area contributed by atoms with Gasteiger partial charge in [-0.25, -0.2) is 4.39 Å². The van der Waals surface area contributed by atoms with Crippen molar-refractivity contribution in [3.05, 3.63) is 83.1 Å². The van der Waals surface area contributed by atoms with Crippen LogP contribution in [0.15, 0.2) is 66.7 Å². The molecule has 26 heavy (non-hydrogen) atoms. The predicted molar refractivity (Wildman–Crippen MR) is 102 cm³/mol. The minimum Gasteiger partial charge on any atom is -0.488 e. The molecule has 3 nitrogen and oxygen atoms in total. The first-order valence-electron chi connectivity index (χ1n) is 8.26. The first-order valence-corrected chi connectivity index (χ1v) is 8.64. The molecule has 0 aromatic heterocycles. The highest BCUT2D eigenvalue weighted by molar-refractivity contribution is 6.31. The van der Waals surface area contributed by atoms with Gasteiger partial charge in [-0.05, 0) is 41.0 Å². The van der Waals surface area contributed by atoms with Crippen molar-refractivity contribution in [3.8, 4) is 22.6 Å². The maximum absolute atomic E-state index is 13.4. The molecule has 0 aliphatic rings. The normalized spacial score (nSPS) is 10.6. The Balaban J connectivity index is 1.88. The summed E-state index contributed by atoms with van der Waals surface area (Å²) in [4.78, 5) is 0. The lowest BCUT2D eigenvalue weighted by Gasteiger charge is -2.14. The van der Waals surface area contributed by atoms with Crippen LogP contribution in [0.1, 0.15) is 5.56 Å². The van der Waals surface area contributed by atoms with E-state index in [1.165, 1.54) is 6.07 Å². The molecule has 0 saturated heterocycles. The predicted octanol–water partition coefficient (Wildman–Crippen LogP) is 5.06. The van der Waals surface area contributed by atoms with E-state index in [0.717, 1.165) is 16.7 Å². The van der Waals surface area contributed by atoms with Crippen LogP contribution in [0.3, 0.4) is 0 Å². The van der Waals surface area contributed by atoms with Gasteiger partial charge in [0.15, 0.2) is 11.5 Å². The van der Waals surface area contributed by atoms with E-state index in [1.807, 2.05) is 48.5 Å². The maximum atomic E-state index is 13.4. The van der Waals surface area contributed by atoms with E-state index in [2.05, 4.69) is 0 Å². The highest BCUT2D eigenvalue weighted by atomic mass is 35.5. The van der Waals surface area contributed by atoms with Crippen LogP contribution in [0.5, 0.6) is 11.5 Å². The molecule has 0 spiro atoms. The smallest absolute Gasteiger partial charge is 0.162 e. The molecule has 5 heteroatoms. The molecule has 2 N–H and O–H groups in total. The van der Waals surface area contributed by atoms with E-state index >= 15 is 0 Å². The quantitative estimate of drug-likeness (QED) is 0.631. The maximum Gasteiger partial charge on any atom is 0.162 e. The van der Waals surface area contributed by atoms with Crippen LogP contribution in [0.25, 0.3) is 11.1 Å². The van der Waals surface area contributed by atoms with Gasteiger partial charge in [0, 0.05) is 6.54 Å². The van der Waals surface area contributed by atoms with E-state index in [0.29, 0.717) is 31.3 Å². The SMILES string of the molecule is NCCOc1ccc(-c2ccc(F)c(Cl)c2)cc1OCc1ccccc1. The zero-order valence-electron chi connectivity index (χ0n) is 14.1. The van der Waals surface area contributed by atoms with Crippen LogP contribution < -0.4 is 15.2 Å². The van der Waals surface area contributed by atoms with Gasteiger partial charge in [0.2, 0.25) is 0 Å². The van der Waals surface area contributed by atoms with Gasteiger partial charge in [0.05, 0.1) is 5.02 Å². The Morgan fingerprint density at radius 3 is 2.31 bits per heavy atom. The minimum absolute atomic E-state index is 0.0812. The highest BCUT2D eigenvalue weighted by Gasteiger charge is 2.10. The molecule has 0 aliphatic heterocycles. The van der Waals surface area contributed by atoms with Gasteiger partial charge in [-0.1, -0.05) is 54.1 Å². The van der Waals surface area contributed by atoms with Crippen molar-refractivity contribution in [2.24, 2.45) is 5.73 Å². The lowest BCUT2D eigenvalue weighted by molar-refractivity contribution is 0.266. The Kier molecular flexibility index (Phi) is 6.10. The summed E-state index contributed by atoms with van der Waals surface area (Å²) in [6.07, 6.45) is 0. The second-order valence-electron chi connectivity index (χ2n) is 5.70. The third kappa shape index (κ3) is 4.54. The number of rotatable bonds is 7. The Bertz CT molecular complexity index is 871. The summed E-state index contributed by atoms with van der Waals surface area (Å²) in [5.41, 5.74) is 8.23. The van der Waals surface area contributed by atoms with Crippen molar-refractivity contribution in [1.29, 1.82) is 0 Å². The van der Waals surface area contributed by atoms with Gasteiger partial charge >= 0.3 is 0 Å². The van der Waals surface area contributed by atoms with Gasteiger partial charge in [-0.2, -0.15) is 0 Å². The monoisotopic (exact) mass is 371 g/mol. The number of hydrogen-bond acceptors (Lipinski definition) is 3. The van der Waals surface area contributed by atoms with E-state index in [-0.39, 0.29) is 5.02 Å². The number of halogens is 2. The zero-order valence-corrected chi connectivity index (χ0v) is 14.9. The van der Waals surface area contributed by atoms with Crippen LogP contribution in [0.2, 0.25) is 5.02 Å². The Morgan fingerprint density at radius 1 is 0.846 bits per heavy atom. The largest absolute Gasteiger partial charge is 0.488 e. The highest BCUT2D eigenvalue weighted by Crippen LogP contribution is 2.34. The third-order valence-electron chi connectivity index (χ3n) is 3.81. The van der Waals surface area contributed by atoms with Crippen molar-refractivity contribution >= 4 is 11.6 Å². The molecule has 3 aromatic carbocycles. The second kappa shape index (κ2) is 8.70. The molecule has 0 atom stereocenters. The Labute approximate surface area is 157 Å². The Hall–Kier alpha value is -2.56. The molecule has 0 radical (unpaired) electrons. The van der Waals surface area contributed by atoms with Gasteiger partial charge in [-0.15, -0.1) is 0 Å². The summed E-state index contributed by atoms with van der Waals surface area (Å²) in [6, 6.07) is 20.0. The molecule has 134 valence electrons. The summed E-state index contributed by atoms with van der Waals surface area (Å²) in [7, 11) is 0. The number of hydrogen-bond donors (Lipinski definition) is 1. The molecule has 0 bridgehead atoms. The van der Waals surface area contributed by atoms with Crippen molar-refractivity contribution in [2.75, 3.05) is 13.2 Å². The zero-order chi connectivity index (χ0) is 18.4. The fourth-order valence-electron chi connectivity index (χ4n) is 2.50. The lowest BCUT2D eigenvalue weighted by atomic mass is 10.1. The van der Waals surface area contributed by atoms with E-state index in [9.17, 15) is 4.39 Å². The standard InChI is InChI=1S/C21H19ClFNO2/c22-18-12-16(6-8-19(18)23)17-7-9-20(25-11-10-24)21(13-17)26-14-15-4-2-1-3-5-15/h1-9,12-13H,10-11,14,24H2. The van der Waals surface area contributed by atoms with Crippen LogP contribution in [-0.4, -0.2) is 13.2 Å².